The van der Waals surface area contributed by atoms with E-state index in [4.69, 9.17) is 10.5 Å². The van der Waals surface area contributed by atoms with Crippen molar-refractivity contribution in [3.8, 4) is 0 Å². The molecular formula is C14H19NO3. The van der Waals surface area contributed by atoms with Crippen LogP contribution in [0.5, 0.6) is 0 Å². The molecule has 1 aromatic rings. The van der Waals surface area contributed by atoms with E-state index in [2.05, 4.69) is 0 Å². The minimum absolute atomic E-state index is 0.173. The Labute approximate surface area is 107 Å². The Morgan fingerprint density at radius 3 is 2.56 bits per heavy atom. The molecule has 1 rings (SSSR count). The molecule has 4 heteroatoms. The van der Waals surface area contributed by atoms with Gasteiger partial charge in [-0.2, -0.15) is 0 Å². The Bertz CT molecular complexity index is 405. The maximum absolute atomic E-state index is 11.8. The summed E-state index contributed by atoms with van der Waals surface area (Å²) in [7, 11) is 0. The molecule has 0 aliphatic heterocycles. The highest BCUT2D eigenvalue weighted by atomic mass is 16.5. The van der Waals surface area contributed by atoms with Crippen LogP contribution in [0, 0.1) is 5.41 Å². The molecule has 4 nitrogen and oxygen atoms in total. The zero-order valence-corrected chi connectivity index (χ0v) is 10.8. The maximum atomic E-state index is 11.8. The zero-order valence-electron chi connectivity index (χ0n) is 10.8. The largest absolute Gasteiger partial charge is 0.460 e. The predicted octanol–water partition coefficient (Wildman–Crippen LogP) is 1.67. The van der Waals surface area contributed by atoms with Crippen LogP contribution >= 0.6 is 0 Å². The molecule has 98 valence electrons. The zero-order chi connectivity index (χ0) is 13.6. The molecule has 0 heterocycles. The molecule has 0 radical (unpaired) electrons. The summed E-state index contributed by atoms with van der Waals surface area (Å²) in [5.74, 6) is -0.546. The summed E-state index contributed by atoms with van der Waals surface area (Å²) < 4.78 is 5.12. The molecule has 18 heavy (non-hydrogen) atoms. The van der Waals surface area contributed by atoms with E-state index < -0.39 is 17.4 Å². The van der Waals surface area contributed by atoms with Crippen LogP contribution in [-0.4, -0.2) is 18.3 Å². The van der Waals surface area contributed by atoms with Crippen molar-refractivity contribution in [1.29, 1.82) is 0 Å². The minimum atomic E-state index is -0.927. The number of carbonyl (C=O) groups excluding carboxylic acids is 2. The van der Waals surface area contributed by atoms with Gasteiger partial charge in [-0.05, 0) is 12.0 Å². The van der Waals surface area contributed by atoms with Gasteiger partial charge >= 0.3 is 5.97 Å². The van der Waals surface area contributed by atoms with Crippen LogP contribution in [0.4, 0.5) is 0 Å². The summed E-state index contributed by atoms with van der Waals surface area (Å²) in [5, 5.41) is 0. The van der Waals surface area contributed by atoms with Gasteiger partial charge in [-0.25, -0.2) is 0 Å². The molecule has 0 saturated heterocycles. The second-order valence-electron chi connectivity index (χ2n) is 4.55. The first-order valence-corrected chi connectivity index (χ1v) is 5.96. The lowest BCUT2D eigenvalue weighted by molar-refractivity contribution is -0.151. The Morgan fingerprint density at radius 2 is 2.06 bits per heavy atom. The summed E-state index contributed by atoms with van der Waals surface area (Å²) in [4.78, 5) is 22.8. The first-order valence-electron chi connectivity index (χ1n) is 5.96. The van der Waals surface area contributed by atoms with Gasteiger partial charge in [-0.3, -0.25) is 4.79 Å². The third-order valence-corrected chi connectivity index (χ3v) is 3.22. The molecule has 0 aliphatic carbocycles. The summed E-state index contributed by atoms with van der Waals surface area (Å²) in [5.41, 5.74) is 5.80. The molecule has 0 spiro atoms. The van der Waals surface area contributed by atoms with Crippen LogP contribution in [0.15, 0.2) is 30.3 Å². The van der Waals surface area contributed by atoms with Gasteiger partial charge in [0, 0.05) is 5.41 Å². The molecule has 0 bridgehead atoms. The number of hydrogen-bond donors (Lipinski definition) is 1. The standard InChI is InChI=1S/C14H19NO3/c1-3-14(2,10-16)12(15)13(17)18-9-11-7-5-4-6-8-11/h4-8,10,12H,3,9,15H2,1-2H3/t12-,14+/m1/s1. The maximum Gasteiger partial charge on any atom is 0.324 e. The molecule has 0 saturated carbocycles. The van der Waals surface area contributed by atoms with Crippen molar-refractivity contribution in [2.24, 2.45) is 11.1 Å². The molecule has 0 fully saturated rings. The van der Waals surface area contributed by atoms with Crippen molar-refractivity contribution in [3.63, 3.8) is 0 Å². The van der Waals surface area contributed by atoms with Gasteiger partial charge in [0.1, 0.15) is 18.9 Å². The van der Waals surface area contributed by atoms with Crippen LogP contribution in [0.3, 0.4) is 0 Å². The molecule has 1 aromatic carbocycles. The van der Waals surface area contributed by atoms with Gasteiger partial charge in [0.05, 0.1) is 0 Å². The van der Waals surface area contributed by atoms with Crippen molar-refractivity contribution >= 4 is 12.3 Å². The Hall–Kier alpha value is -1.68. The Morgan fingerprint density at radius 1 is 1.44 bits per heavy atom. The van der Waals surface area contributed by atoms with Crippen molar-refractivity contribution in [2.45, 2.75) is 32.9 Å². The average molecular weight is 249 g/mol. The van der Waals surface area contributed by atoms with Gasteiger partial charge in [0.2, 0.25) is 0 Å². The number of aldehydes is 1. The van der Waals surface area contributed by atoms with E-state index in [1.54, 1.807) is 6.92 Å². The monoisotopic (exact) mass is 249 g/mol. The highest BCUT2D eigenvalue weighted by Crippen LogP contribution is 2.22. The van der Waals surface area contributed by atoms with Gasteiger partial charge in [0.25, 0.3) is 0 Å². The van der Waals surface area contributed by atoms with E-state index in [9.17, 15) is 9.59 Å². The lowest BCUT2D eigenvalue weighted by Gasteiger charge is -2.26. The Kier molecular flexibility index (Phi) is 5.04. The molecule has 0 amide bonds. The second-order valence-corrected chi connectivity index (χ2v) is 4.55. The van der Waals surface area contributed by atoms with Crippen LogP contribution in [0.2, 0.25) is 0 Å². The van der Waals surface area contributed by atoms with E-state index in [0.29, 0.717) is 6.42 Å². The van der Waals surface area contributed by atoms with Gasteiger partial charge < -0.3 is 15.3 Å². The van der Waals surface area contributed by atoms with E-state index >= 15 is 0 Å². The van der Waals surface area contributed by atoms with Crippen LogP contribution in [-0.2, 0) is 20.9 Å². The first-order chi connectivity index (χ1) is 8.53. The van der Waals surface area contributed by atoms with Crippen molar-refractivity contribution in [3.05, 3.63) is 35.9 Å². The number of ether oxygens (including phenoxy) is 1. The SMILES string of the molecule is CC[C@@](C)(C=O)[C@H](N)C(=O)OCc1ccccc1. The summed E-state index contributed by atoms with van der Waals surface area (Å²) >= 11 is 0. The summed E-state index contributed by atoms with van der Waals surface area (Å²) in [6, 6.07) is 8.41. The average Bonchev–Trinajstić information content (AvgIpc) is 2.44. The topological polar surface area (TPSA) is 69.4 Å². The molecule has 2 atom stereocenters. The van der Waals surface area contributed by atoms with Gasteiger partial charge in [0.15, 0.2) is 0 Å². The highest BCUT2D eigenvalue weighted by Gasteiger charge is 2.35. The quantitative estimate of drug-likeness (QED) is 0.615. The number of hydrogen-bond acceptors (Lipinski definition) is 4. The first kappa shape index (κ1) is 14.4. The summed E-state index contributed by atoms with van der Waals surface area (Å²) in [6.45, 7) is 3.65. The third kappa shape index (κ3) is 3.40. The minimum Gasteiger partial charge on any atom is -0.460 e. The molecular weight excluding hydrogens is 230 g/mol. The Balaban J connectivity index is 2.58. The van der Waals surface area contributed by atoms with E-state index in [1.807, 2.05) is 37.3 Å². The van der Waals surface area contributed by atoms with Crippen molar-refractivity contribution in [2.75, 3.05) is 0 Å². The van der Waals surface area contributed by atoms with E-state index in [0.717, 1.165) is 11.8 Å². The number of nitrogens with two attached hydrogens (primary N) is 1. The molecule has 2 N–H and O–H groups in total. The van der Waals surface area contributed by atoms with Crippen LogP contribution in [0.25, 0.3) is 0 Å². The second kappa shape index (κ2) is 6.31. The molecule has 0 unspecified atom stereocenters. The van der Waals surface area contributed by atoms with Crippen molar-refractivity contribution < 1.29 is 14.3 Å². The summed E-state index contributed by atoms with van der Waals surface area (Å²) in [6.07, 6.45) is 1.22. The number of benzene rings is 1. The van der Waals surface area contributed by atoms with Crippen molar-refractivity contribution in [1.82, 2.24) is 0 Å². The predicted molar refractivity (Wildman–Crippen MR) is 68.7 cm³/mol. The number of carbonyl (C=O) groups is 2. The van der Waals surface area contributed by atoms with Gasteiger partial charge in [-0.1, -0.05) is 44.2 Å². The molecule has 0 aliphatic rings. The van der Waals surface area contributed by atoms with Crippen LogP contribution in [0.1, 0.15) is 25.8 Å². The fraction of sp³-hybridized carbons (Fsp3) is 0.429. The third-order valence-electron chi connectivity index (χ3n) is 3.22. The number of rotatable bonds is 6. The van der Waals surface area contributed by atoms with E-state index in [1.165, 1.54) is 0 Å². The van der Waals surface area contributed by atoms with Gasteiger partial charge in [-0.15, -0.1) is 0 Å². The van der Waals surface area contributed by atoms with Crippen LogP contribution < -0.4 is 5.73 Å². The molecule has 0 aromatic heterocycles. The van der Waals surface area contributed by atoms with E-state index in [-0.39, 0.29) is 6.61 Å². The normalized spacial score (nSPS) is 15.5. The lowest BCUT2D eigenvalue weighted by Crippen LogP contribution is -2.47. The number of esters is 1. The smallest absolute Gasteiger partial charge is 0.324 e. The lowest BCUT2D eigenvalue weighted by atomic mass is 9.82. The fourth-order valence-electron chi connectivity index (χ4n) is 1.46. The highest BCUT2D eigenvalue weighted by molar-refractivity contribution is 5.81. The fourth-order valence-corrected chi connectivity index (χ4v) is 1.46.